The molecule has 0 radical (unpaired) electrons. The van der Waals surface area contributed by atoms with Crippen LogP contribution in [-0.2, 0) is 13.0 Å². The molecule has 3 rings (SSSR count). The maximum absolute atomic E-state index is 12.9. The van der Waals surface area contributed by atoms with Gasteiger partial charge in [0.1, 0.15) is 5.82 Å². The number of nitrogens with zero attached hydrogens (tertiary/aromatic N) is 4. The third-order valence-corrected chi connectivity index (χ3v) is 4.35. The Morgan fingerprint density at radius 2 is 2.12 bits per heavy atom. The Hall–Kier alpha value is -2.21. The minimum absolute atomic E-state index is 0.143. The van der Waals surface area contributed by atoms with Crippen molar-refractivity contribution in [1.29, 1.82) is 0 Å². The van der Waals surface area contributed by atoms with Crippen molar-refractivity contribution in [3.8, 4) is 0 Å². The number of hydrogen-bond acceptors (Lipinski definition) is 3. The molecule has 0 saturated carbocycles. The molecule has 124 valence electrons. The first-order chi connectivity index (χ1) is 11.6. The van der Waals surface area contributed by atoms with Gasteiger partial charge in [-0.2, -0.15) is 9.78 Å². The summed E-state index contributed by atoms with van der Waals surface area (Å²) in [4.78, 5) is 17.5. The van der Waals surface area contributed by atoms with Crippen molar-refractivity contribution in [3.05, 3.63) is 62.9 Å². The predicted molar refractivity (Wildman–Crippen MR) is 101 cm³/mol. The van der Waals surface area contributed by atoms with Crippen LogP contribution in [0.25, 0.3) is 10.9 Å². The van der Waals surface area contributed by atoms with Gasteiger partial charge in [-0.15, -0.1) is 0 Å². The highest BCUT2D eigenvalue weighted by Crippen LogP contribution is 2.16. The Morgan fingerprint density at radius 1 is 1.29 bits per heavy atom. The summed E-state index contributed by atoms with van der Waals surface area (Å²) >= 11 is 3.41. The number of benzene rings is 1. The quantitative estimate of drug-likeness (QED) is 0.625. The molecule has 0 unspecified atom stereocenters. The summed E-state index contributed by atoms with van der Waals surface area (Å²) in [6.07, 6.45) is 5.31. The Kier molecular flexibility index (Phi) is 4.94. The molecule has 0 saturated heterocycles. The van der Waals surface area contributed by atoms with E-state index >= 15 is 0 Å². The number of aryl methyl sites for hydroxylation is 2. The highest BCUT2D eigenvalue weighted by molar-refractivity contribution is 9.10. The number of halogens is 1. The summed E-state index contributed by atoms with van der Waals surface area (Å²) in [5.41, 5.74) is 1.52. The SMILES string of the molecule is CCCc1nc2ccc(Br)cc2c(=O)n1N=Cc1cccn1CC. The molecule has 5 nitrogen and oxygen atoms in total. The van der Waals surface area contributed by atoms with Crippen molar-refractivity contribution in [2.75, 3.05) is 0 Å². The first kappa shape index (κ1) is 16.6. The molecule has 0 atom stereocenters. The van der Waals surface area contributed by atoms with Gasteiger partial charge in [-0.05, 0) is 43.7 Å². The molecule has 3 aromatic rings. The fourth-order valence-electron chi connectivity index (χ4n) is 2.65. The van der Waals surface area contributed by atoms with E-state index in [-0.39, 0.29) is 5.56 Å². The zero-order valence-corrected chi connectivity index (χ0v) is 15.3. The van der Waals surface area contributed by atoms with Crippen molar-refractivity contribution in [1.82, 2.24) is 14.2 Å². The molecule has 0 aliphatic rings. The molecule has 2 heterocycles. The molecule has 1 aromatic carbocycles. The molecule has 0 bridgehead atoms. The van der Waals surface area contributed by atoms with Crippen molar-refractivity contribution < 1.29 is 0 Å². The second-order valence-electron chi connectivity index (χ2n) is 5.52. The van der Waals surface area contributed by atoms with Crippen molar-refractivity contribution >= 4 is 33.0 Å². The van der Waals surface area contributed by atoms with Gasteiger partial charge in [0.05, 0.1) is 22.8 Å². The van der Waals surface area contributed by atoms with Crippen LogP contribution >= 0.6 is 15.9 Å². The standard InChI is InChI=1S/C18H19BrN4O/c1-3-6-17-21-16-9-8-13(19)11-15(16)18(24)23(17)20-12-14-7-5-10-22(14)4-2/h5,7-12H,3-4,6H2,1-2H3. The van der Waals surface area contributed by atoms with Gasteiger partial charge in [0.15, 0.2) is 0 Å². The molecule has 0 N–H and O–H groups in total. The highest BCUT2D eigenvalue weighted by Gasteiger charge is 2.10. The third kappa shape index (κ3) is 3.19. The van der Waals surface area contributed by atoms with Crippen LogP contribution in [0.1, 0.15) is 31.8 Å². The van der Waals surface area contributed by atoms with Crippen LogP contribution in [0, 0.1) is 0 Å². The van der Waals surface area contributed by atoms with E-state index in [1.165, 1.54) is 4.68 Å². The summed E-state index contributed by atoms with van der Waals surface area (Å²) in [5.74, 6) is 0.683. The second-order valence-corrected chi connectivity index (χ2v) is 6.44. The van der Waals surface area contributed by atoms with E-state index in [0.717, 1.165) is 23.1 Å². The van der Waals surface area contributed by atoms with Crippen molar-refractivity contribution in [2.45, 2.75) is 33.2 Å². The fourth-order valence-corrected chi connectivity index (χ4v) is 3.01. The summed E-state index contributed by atoms with van der Waals surface area (Å²) in [6.45, 7) is 4.99. The van der Waals surface area contributed by atoms with E-state index in [1.807, 2.05) is 30.5 Å². The number of aromatic nitrogens is 3. The van der Waals surface area contributed by atoms with Crippen LogP contribution in [0.5, 0.6) is 0 Å². The molecule has 2 aromatic heterocycles. The first-order valence-electron chi connectivity index (χ1n) is 8.04. The Bertz CT molecular complexity index is 955. The first-order valence-corrected chi connectivity index (χ1v) is 8.84. The maximum atomic E-state index is 12.9. The van der Waals surface area contributed by atoms with Crippen LogP contribution in [-0.4, -0.2) is 20.4 Å². The third-order valence-electron chi connectivity index (χ3n) is 3.86. The molecule has 0 fully saturated rings. The maximum Gasteiger partial charge on any atom is 0.282 e. The van der Waals surface area contributed by atoms with Crippen LogP contribution in [0.3, 0.4) is 0 Å². The van der Waals surface area contributed by atoms with Crippen molar-refractivity contribution in [3.63, 3.8) is 0 Å². The zero-order valence-electron chi connectivity index (χ0n) is 13.7. The molecule has 0 aliphatic carbocycles. The highest BCUT2D eigenvalue weighted by atomic mass is 79.9. The van der Waals surface area contributed by atoms with Gasteiger partial charge in [0.25, 0.3) is 5.56 Å². The number of rotatable bonds is 5. The topological polar surface area (TPSA) is 52.2 Å². The molecular formula is C18H19BrN4O. The van der Waals surface area contributed by atoms with E-state index in [9.17, 15) is 4.79 Å². The van der Waals surface area contributed by atoms with Gasteiger partial charge in [0.2, 0.25) is 0 Å². The average molecular weight is 387 g/mol. The van der Waals surface area contributed by atoms with E-state index in [0.29, 0.717) is 23.1 Å². The summed E-state index contributed by atoms with van der Waals surface area (Å²) in [6, 6.07) is 9.49. The number of fused-ring (bicyclic) bond motifs is 1. The van der Waals surface area contributed by atoms with E-state index in [4.69, 9.17) is 0 Å². The van der Waals surface area contributed by atoms with E-state index < -0.39 is 0 Å². The van der Waals surface area contributed by atoms with Gasteiger partial charge in [0, 0.05) is 23.6 Å². The summed E-state index contributed by atoms with van der Waals surface area (Å²) in [7, 11) is 0. The molecule has 0 amide bonds. The fraction of sp³-hybridized carbons (Fsp3) is 0.278. The molecule has 24 heavy (non-hydrogen) atoms. The zero-order chi connectivity index (χ0) is 17.1. The minimum Gasteiger partial charge on any atom is -0.347 e. The lowest BCUT2D eigenvalue weighted by molar-refractivity contribution is 0.701. The summed E-state index contributed by atoms with van der Waals surface area (Å²) < 4.78 is 4.34. The average Bonchev–Trinajstić information content (AvgIpc) is 3.03. The van der Waals surface area contributed by atoms with Gasteiger partial charge < -0.3 is 4.57 Å². The van der Waals surface area contributed by atoms with Crippen LogP contribution in [0.4, 0.5) is 0 Å². The largest absolute Gasteiger partial charge is 0.347 e. The minimum atomic E-state index is -0.143. The van der Waals surface area contributed by atoms with Gasteiger partial charge in [-0.25, -0.2) is 4.98 Å². The molecular weight excluding hydrogens is 368 g/mol. The Morgan fingerprint density at radius 3 is 2.88 bits per heavy atom. The lowest BCUT2D eigenvalue weighted by atomic mass is 10.2. The van der Waals surface area contributed by atoms with E-state index in [1.54, 1.807) is 12.3 Å². The van der Waals surface area contributed by atoms with Crippen molar-refractivity contribution in [2.24, 2.45) is 5.10 Å². The second kappa shape index (κ2) is 7.13. The van der Waals surface area contributed by atoms with Crippen LogP contribution in [0.15, 0.2) is 50.9 Å². The van der Waals surface area contributed by atoms with Crippen LogP contribution in [0.2, 0.25) is 0 Å². The lowest BCUT2D eigenvalue weighted by Gasteiger charge is -2.09. The lowest BCUT2D eigenvalue weighted by Crippen LogP contribution is -2.22. The van der Waals surface area contributed by atoms with E-state index in [2.05, 4.69) is 44.4 Å². The molecule has 0 aliphatic heterocycles. The Labute approximate surface area is 148 Å². The molecule has 0 spiro atoms. The van der Waals surface area contributed by atoms with Gasteiger partial charge >= 0.3 is 0 Å². The predicted octanol–water partition coefficient (Wildman–Crippen LogP) is 3.82. The molecule has 6 heteroatoms. The van der Waals surface area contributed by atoms with Gasteiger partial charge in [-0.1, -0.05) is 22.9 Å². The van der Waals surface area contributed by atoms with Gasteiger partial charge in [-0.3, -0.25) is 4.79 Å². The monoisotopic (exact) mass is 386 g/mol. The smallest absolute Gasteiger partial charge is 0.282 e. The summed E-state index contributed by atoms with van der Waals surface area (Å²) in [5, 5.41) is 5.00. The Balaban J connectivity index is 2.16. The normalized spacial score (nSPS) is 11.6. The van der Waals surface area contributed by atoms with Crippen LogP contribution < -0.4 is 5.56 Å². The number of hydrogen-bond donors (Lipinski definition) is 0.